The molecular formula is C15H15N3O2. The van der Waals surface area contributed by atoms with Gasteiger partial charge in [-0.2, -0.15) is 0 Å². The summed E-state index contributed by atoms with van der Waals surface area (Å²) in [5.41, 5.74) is 1.61. The molecule has 1 N–H and O–H groups in total. The highest BCUT2D eigenvalue weighted by Crippen LogP contribution is 2.30. The lowest BCUT2D eigenvalue weighted by Gasteiger charge is -2.06. The summed E-state index contributed by atoms with van der Waals surface area (Å²) in [5.74, 6) is 0.697. The maximum absolute atomic E-state index is 11.7. The number of pyridine rings is 2. The van der Waals surface area contributed by atoms with E-state index in [2.05, 4.69) is 10.3 Å². The third-order valence-corrected chi connectivity index (χ3v) is 3.40. The van der Waals surface area contributed by atoms with E-state index < -0.39 is 0 Å². The molecule has 0 radical (unpaired) electrons. The summed E-state index contributed by atoms with van der Waals surface area (Å²) in [6, 6.07) is 7.04. The molecule has 3 rings (SSSR count). The molecule has 0 aromatic carbocycles. The first-order chi connectivity index (χ1) is 9.63. The molecule has 0 spiro atoms. The topological polar surface area (TPSA) is 64.0 Å². The Morgan fingerprint density at radius 1 is 1.30 bits per heavy atom. The summed E-state index contributed by atoms with van der Waals surface area (Å²) in [4.78, 5) is 27.5. The molecule has 102 valence electrons. The molecule has 1 fully saturated rings. The van der Waals surface area contributed by atoms with Crippen LogP contribution in [0.3, 0.4) is 0 Å². The van der Waals surface area contributed by atoms with Crippen molar-refractivity contribution in [1.82, 2.24) is 9.55 Å². The molecule has 0 saturated heterocycles. The molecule has 1 aliphatic rings. The Morgan fingerprint density at radius 2 is 2.05 bits per heavy atom. The highest BCUT2D eigenvalue weighted by molar-refractivity contribution is 5.93. The van der Waals surface area contributed by atoms with Crippen LogP contribution in [0.15, 0.2) is 41.5 Å². The smallest absolute Gasteiger partial charge is 0.250 e. The number of nitrogens with one attached hydrogen (secondary N) is 1. The van der Waals surface area contributed by atoms with Gasteiger partial charge < -0.3 is 9.88 Å². The van der Waals surface area contributed by atoms with Gasteiger partial charge in [-0.05, 0) is 42.2 Å². The van der Waals surface area contributed by atoms with Crippen molar-refractivity contribution >= 4 is 11.7 Å². The number of carbonyl (C=O) groups excluding carboxylic acids is 1. The number of aromatic nitrogens is 2. The fraction of sp³-hybridized carbons (Fsp3) is 0.267. The van der Waals surface area contributed by atoms with Crippen molar-refractivity contribution in [3.8, 4) is 11.1 Å². The molecule has 2 heterocycles. The van der Waals surface area contributed by atoms with E-state index in [1.165, 1.54) is 4.57 Å². The Labute approximate surface area is 116 Å². The number of hydrogen-bond acceptors (Lipinski definition) is 3. The van der Waals surface area contributed by atoms with Gasteiger partial charge in [0, 0.05) is 31.4 Å². The monoisotopic (exact) mass is 269 g/mol. The van der Waals surface area contributed by atoms with Crippen LogP contribution in [0.2, 0.25) is 0 Å². The zero-order chi connectivity index (χ0) is 14.1. The van der Waals surface area contributed by atoms with Crippen molar-refractivity contribution in [2.45, 2.75) is 12.8 Å². The van der Waals surface area contributed by atoms with Crippen LogP contribution in [-0.2, 0) is 11.8 Å². The number of hydrogen-bond donors (Lipinski definition) is 1. The van der Waals surface area contributed by atoms with Gasteiger partial charge in [0.2, 0.25) is 5.91 Å². The average molecular weight is 269 g/mol. The molecule has 1 aliphatic carbocycles. The second-order valence-electron chi connectivity index (χ2n) is 5.06. The lowest BCUT2D eigenvalue weighted by molar-refractivity contribution is -0.117. The van der Waals surface area contributed by atoms with Crippen LogP contribution in [0.5, 0.6) is 0 Å². The summed E-state index contributed by atoms with van der Waals surface area (Å²) in [5, 5.41) is 2.81. The number of rotatable bonds is 3. The molecule has 0 unspecified atom stereocenters. The third-order valence-electron chi connectivity index (χ3n) is 3.40. The molecule has 0 aliphatic heterocycles. The summed E-state index contributed by atoms with van der Waals surface area (Å²) in [6.07, 6.45) is 5.27. The van der Waals surface area contributed by atoms with E-state index in [1.54, 1.807) is 31.6 Å². The van der Waals surface area contributed by atoms with E-state index in [0.717, 1.165) is 24.0 Å². The van der Waals surface area contributed by atoms with Crippen LogP contribution >= 0.6 is 0 Å². The van der Waals surface area contributed by atoms with Crippen molar-refractivity contribution in [2.24, 2.45) is 13.0 Å². The van der Waals surface area contributed by atoms with Gasteiger partial charge in [-0.1, -0.05) is 0 Å². The number of amides is 1. The Morgan fingerprint density at radius 3 is 2.75 bits per heavy atom. The quantitative estimate of drug-likeness (QED) is 0.924. The summed E-state index contributed by atoms with van der Waals surface area (Å²) in [7, 11) is 1.71. The minimum atomic E-state index is -0.0668. The Kier molecular flexibility index (Phi) is 3.10. The van der Waals surface area contributed by atoms with Crippen LogP contribution in [0.25, 0.3) is 11.1 Å². The molecular weight excluding hydrogens is 254 g/mol. The van der Waals surface area contributed by atoms with Gasteiger partial charge in [0.25, 0.3) is 5.56 Å². The van der Waals surface area contributed by atoms with Gasteiger partial charge >= 0.3 is 0 Å². The molecule has 5 heteroatoms. The predicted octanol–water partition coefficient (Wildman–Crippen LogP) is 1.80. The summed E-state index contributed by atoms with van der Waals surface area (Å²) in [6.45, 7) is 0. The van der Waals surface area contributed by atoms with E-state index in [1.807, 2.05) is 12.1 Å². The first kappa shape index (κ1) is 12.6. The van der Waals surface area contributed by atoms with Crippen molar-refractivity contribution in [1.29, 1.82) is 0 Å². The molecule has 1 amide bonds. The highest BCUT2D eigenvalue weighted by Gasteiger charge is 2.29. The highest BCUT2D eigenvalue weighted by atomic mass is 16.2. The maximum atomic E-state index is 11.7. The van der Waals surface area contributed by atoms with E-state index >= 15 is 0 Å². The first-order valence-electron chi connectivity index (χ1n) is 6.57. The first-order valence-corrected chi connectivity index (χ1v) is 6.57. The van der Waals surface area contributed by atoms with Gasteiger partial charge in [0.15, 0.2) is 0 Å². The zero-order valence-electron chi connectivity index (χ0n) is 11.2. The van der Waals surface area contributed by atoms with Gasteiger partial charge in [-0.25, -0.2) is 4.98 Å². The van der Waals surface area contributed by atoms with Crippen LogP contribution in [0.4, 0.5) is 5.82 Å². The zero-order valence-corrected chi connectivity index (χ0v) is 11.2. The number of carbonyl (C=O) groups is 1. The van der Waals surface area contributed by atoms with E-state index in [-0.39, 0.29) is 17.4 Å². The average Bonchev–Trinajstić information content (AvgIpc) is 3.26. The summed E-state index contributed by atoms with van der Waals surface area (Å²) >= 11 is 0. The Balaban J connectivity index is 1.87. The Bertz CT molecular complexity index is 717. The number of nitrogens with zero attached hydrogens (tertiary/aromatic N) is 2. The SMILES string of the molecule is Cn1ccc(-c2ccnc(NC(=O)C3CC3)c2)cc1=O. The van der Waals surface area contributed by atoms with Crippen molar-refractivity contribution in [3.63, 3.8) is 0 Å². The van der Waals surface area contributed by atoms with Crippen molar-refractivity contribution in [2.75, 3.05) is 5.32 Å². The standard InChI is InChI=1S/C15H15N3O2/c1-18-7-5-12(9-14(18)19)11-4-6-16-13(8-11)17-15(20)10-2-3-10/h4-10H,2-3H2,1H3,(H,16,17,20). The second-order valence-corrected chi connectivity index (χ2v) is 5.06. The van der Waals surface area contributed by atoms with E-state index in [0.29, 0.717) is 5.82 Å². The third kappa shape index (κ3) is 2.61. The fourth-order valence-electron chi connectivity index (χ4n) is 1.98. The molecule has 1 saturated carbocycles. The second kappa shape index (κ2) is 4.92. The molecule has 20 heavy (non-hydrogen) atoms. The maximum Gasteiger partial charge on any atom is 0.250 e. The summed E-state index contributed by atoms with van der Waals surface area (Å²) < 4.78 is 1.51. The molecule has 5 nitrogen and oxygen atoms in total. The van der Waals surface area contributed by atoms with Crippen LogP contribution in [0.1, 0.15) is 12.8 Å². The molecule has 0 bridgehead atoms. The van der Waals surface area contributed by atoms with Gasteiger partial charge in [0.1, 0.15) is 5.82 Å². The normalized spacial score (nSPS) is 14.1. The van der Waals surface area contributed by atoms with Crippen LogP contribution in [0, 0.1) is 5.92 Å². The minimum absolute atomic E-state index is 0.0265. The van der Waals surface area contributed by atoms with E-state index in [4.69, 9.17) is 0 Å². The molecule has 2 aromatic rings. The van der Waals surface area contributed by atoms with E-state index in [9.17, 15) is 9.59 Å². The number of aryl methyl sites for hydroxylation is 1. The van der Waals surface area contributed by atoms with Gasteiger partial charge in [-0.15, -0.1) is 0 Å². The fourth-order valence-corrected chi connectivity index (χ4v) is 1.98. The Hall–Kier alpha value is -2.43. The lowest BCUT2D eigenvalue weighted by Crippen LogP contribution is -2.15. The number of anilines is 1. The van der Waals surface area contributed by atoms with Gasteiger partial charge in [-0.3, -0.25) is 9.59 Å². The predicted molar refractivity (Wildman–Crippen MR) is 76.3 cm³/mol. The van der Waals surface area contributed by atoms with Crippen LogP contribution < -0.4 is 10.9 Å². The van der Waals surface area contributed by atoms with Gasteiger partial charge in [0.05, 0.1) is 0 Å². The minimum Gasteiger partial charge on any atom is -0.319 e. The van der Waals surface area contributed by atoms with Crippen LogP contribution in [-0.4, -0.2) is 15.5 Å². The van der Waals surface area contributed by atoms with Crippen molar-refractivity contribution in [3.05, 3.63) is 47.0 Å². The van der Waals surface area contributed by atoms with Crippen molar-refractivity contribution < 1.29 is 4.79 Å². The lowest BCUT2D eigenvalue weighted by atomic mass is 10.1. The largest absolute Gasteiger partial charge is 0.319 e. The molecule has 0 atom stereocenters. The molecule has 2 aromatic heterocycles.